The van der Waals surface area contributed by atoms with Gasteiger partial charge in [-0.1, -0.05) is 79.9 Å². The van der Waals surface area contributed by atoms with Crippen LogP contribution in [0.2, 0.25) is 0 Å². The zero-order valence-corrected chi connectivity index (χ0v) is 17.2. The first kappa shape index (κ1) is 19.7. The van der Waals surface area contributed by atoms with Crippen molar-refractivity contribution in [3.63, 3.8) is 0 Å². The van der Waals surface area contributed by atoms with Gasteiger partial charge in [0.15, 0.2) is 0 Å². The summed E-state index contributed by atoms with van der Waals surface area (Å²) in [4.78, 5) is 4.84. The number of aliphatic hydroxyl groups is 1. The molecule has 3 nitrogen and oxygen atoms in total. The molecule has 0 radical (unpaired) electrons. The van der Waals surface area contributed by atoms with Gasteiger partial charge in [-0.3, -0.25) is 0 Å². The molecule has 0 bridgehead atoms. The summed E-state index contributed by atoms with van der Waals surface area (Å²) >= 11 is 1.51. The smallest absolute Gasteiger partial charge is 0.115 e. The summed E-state index contributed by atoms with van der Waals surface area (Å²) in [7, 11) is 0. The maximum absolute atomic E-state index is 10.9. The zero-order chi connectivity index (χ0) is 20.1. The molecule has 1 fully saturated rings. The van der Waals surface area contributed by atoms with Crippen molar-refractivity contribution in [3.05, 3.63) is 72.3 Å². The summed E-state index contributed by atoms with van der Waals surface area (Å²) in [5, 5.41) is 21.6. The van der Waals surface area contributed by atoms with E-state index in [1.165, 1.54) is 18.2 Å². The van der Waals surface area contributed by atoms with Gasteiger partial charge < -0.3 is 5.11 Å². The number of rotatable bonds is 5. The first-order valence-corrected chi connectivity index (χ1v) is 11.1. The summed E-state index contributed by atoms with van der Waals surface area (Å²) in [6.45, 7) is 0. The van der Waals surface area contributed by atoms with Crippen LogP contribution >= 0.6 is 11.8 Å². The summed E-state index contributed by atoms with van der Waals surface area (Å²) in [5.74, 6) is 0.571. The van der Waals surface area contributed by atoms with Crippen LogP contribution in [0.4, 0.5) is 0 Å². The number of thioether (sulfide) groups is 1. The molecule has 29 heavy (non-hydrogen) atoms. The molecule has 2 aromatic carbocycles. The quantitative estimate of drug-likeness (QED) is 0.528. The first-order valence-electron chi connectivity index (χ1n) is 10.1. The van der Waals surface area contributed by atoms with Gasteiger partial charge in [0.25, 0.3) is 0 Å². The predicted molar refractivity (Wildman–Crippen MR) is 119 cm³/mol. The summed E-state index contributed by atoms with van der Waals surface area (Å²) < 4.78 is 0. The van der Waals surface area contributed by atoms with Crippen LogP contribution in [0.5, 0.6) is 0 Å². The second-order valence-corrected chi connectivity index (χ2v) is 8.62. The summed E-state index contributed by atoms with van der Waals surface area (Å²) in [6.07, 6.45) is 4.97. The SMILES string of the molecule is N#Cc1c(-c2ccccc2)cc(-c2ccccc2)nc1SCC1(O)CCCCC1. The Bertz CT molecular complexity index is 1010. The summed E-state index contributed by atoms with van der Waals surface area (Å²) in [6, 6.07) is 24.4. The van der Waals surface area contributed by atoms with Gasteiger partial charge in [0.1, 0.15) is 11.1 Å². The van der Waals surface area contributed by atoms with Crippen molar-refractivity contribution in [1.82, 2.24) is 4.98 Å². The maximum Gasteiger partial charge on any atom is 0.115 e. The van der Waals surface area contributed by atoms with Crippen molar-refractivity contribution in [2.45, 2.75) is 42.7 Å². The molecule has 146 valence electrons. The average molecular weight is 401 g/mol. The van der Waals surface area contributed by atoms with Gasteiger partial charge in [0, 0.05) is 16.9 Å². The number of aromatic nitrogens is 1. The molecule has 0 spiro atoms. The Labute approximate surface area is 176 Å². The Hall–Kier alpha value is -2.61. The van der Waals surface area contributed by atoms with E-state index >= 15 is 0 Å². The molecule has 0 amide bonds. The highest BCUT2D eigenvalue weighted by molar-refractivity contribution is 7.99. The molecule has 1 aliphatic rings. The van der Waals surface area contributed by atoms with E-state index in [1.54, 1.807) is 0 Å². The fraction of sp³-hybridized carbons (Fsp3) is 0.280. The molecule has 0 saturated heterocycles. The Morgan fingerprint density at radius 1 is 0.931 bits per heavy atom. The van der Waals surface area contributed by atoms with Crippen molar-refractivity contribution < 1.29 is 5.11 Å². The predicted octanol–water partition coefficient (Wildman–Crippen LogP) is 6.07. The minimum absolute atomic E-state index is 0.571. The van der Waals surface area contributed by atoms with Gasteiger partial charge in [-0.2, -0.15) is 5.26 Å². The van der Waals surface area contributed by atoms with Crippen LogP contribution in [0.25, 0.3) is 22.4 Å². The van der Waals surface area contributed by atoms with E-state index in [0.29, 0.717) is 16.3 Å². The van der Waals surface area contributed by atoms with Gasteiger partial charge in [-0.25, -0.2) is 4.98 Å². The lowest BCUT2D eigenvalue weighted by atomic mass is 9.86. The standard InChI is InChI=1S/C25H24N2OS/c26-17-22-21(19-10-4-1-5-11-19)16-23(20-12-6-2-7-13-20)27-24(22)29-18-25(28)14-8-3-9-15-25/h1-2,4-7,10-13,16,28H,3,8-9,14-15,18H2. The van der Waals surface area contributed by atoms with Gasteiger partial charge in [-0.15, -0.1) is 11.8 Å². The number of hydrogen-bond acceptors (Lipinski definition) is 4. The molecule has 0 aliphatic heterocycles. The van der Waals surface area contributed by atoms with E-state index in [0.717, 1.165) is 48.1 Å². The van der Waals surface area contributed by atoms with Gasteiger partial charge in [0.05, 0.1) is 16.9 Å². The van der Waals surface area contributed by atoms with Crippen molar-refractivity contribution in [2.75, 3.05) is 5.75 Å². The summed E-state index contributed by atoms with van der Waals surface area (Å²) in [5.41, 5.74) is 3.68. The molecular weight excluding hydrogens is 376 g/mol. The number of hydrogen-bond donors (Lipinski definition) is 1. The molecule has 1 saturated carbocycles. The Morgan fingerprint density at radius 3 is 2.17 bits per heavy atom. The lowest BCUT2D eigenvalue weighted by Crippen LogP contribution is -2.34. The lowest BCUT2D eigenvalue weighted by Gasteiger charge is -2.31. The topological polar surface area (TPSA) is 56.9 Å². The third-order valence-electron chi connectivity index (χ3n) is 5.51. The largest absolute Gasteiger partial charge is 0.389 e. The number of nitrogens with zero attached hydrogens (tertiary/aromatic N) is 2. The third-order valence-corrected chi connectivity index (χ3v) is 6.76. The van der Waals surface area contributed by atoms with Crippen LogP contribution in [0.3, 0.4) is 0 Å². The van der Waals surface area contributed by atoms with E-state index in [1.807, 2.05) is 66.7 Å². The van der Waals surface area contributed by atoms with E-state index < -0.39 is 5.60 Å². The molecule has 0 atom stereocenters. The van der Waals surface area contributed by atoms with E-state index in [9.17, 15) is 10.4 Å². The molecule has 0 unspecified atom stereocenters. The van der Waals surface area contributed by atoms with E-state index in [4.69, 9.17) is 4.98 Å². The minimum Gasteiger partial charge on any atom is -0.389 e. The monoisotopic (exact) mass is 400 g/mol. The molecule has 1 aromatic heterocycles. The highest BCUT2D eigenvalue weighted by Crippen LogP contribution is 2.38. The molecular formula is C25H24N2OS. The molecule has 1 heterocycles. The maximum atomic E-state index is 10.9. The Morgan fingerprint density at radius 2 is 1.55 bits per heavy atom. The number of nitriles is 1. The Kier molecular flexibility index (Phi) is 5.99. The second-order valence-electron chi connectivity index (χ2n) is 7.65. The Balaban J connectivity index is 1.77. The highest BCUT2D eigenvalue weighted by atomic mass is 32.2. The zero-order valence-electron chi connectivity index (χ0n) is 16.3. The van der Waals surface area contributed by atoms with Gasteiger partial charge in [0.2, 0.25) is 0 Å². The molecule has 4 heteroatoms. The second kappa shape index (κ2) is 8.82. The van der Waals surface area contributed by atoms with Crippen LogP contribution < -0.4 is 0 Å². The van der Waals surface area contributed by atoms with Crippen LogP contribution in [0.1, 0.15) is 37.7 Å². The average Bonchev–Trinajstić information content (AvgIpc) is 2.79. The molecule has 1 N–H and O–H groups in total. The normalized spacial score (nSPS) is 15.6. The first-order chi connectivity index (χ1) is 14.2. The van der Waals surface area contributed by atoms with Crippen molar-refractivity contribution >= 4 is 11.8 Å². The molecule has 4 rings (SSSR count). The van der Waals surface area contributed by atoms with E-state index in [-0.39, 0.29) is 0 Å². The lowest BCUT2D eigenvalue weighted by molar-refractivity contribution is 0.0272. The van der Waals surface area contributed by atoms with Crippen LogP contribution in [-0.4, -0.2) is 21.4 Å². The molecule has 1 aliphatic carbocycles. The van der Waals surface area contributed by atoms with Crippen LogP contribution in [0, 0.1) is 11.3 Å². The van der Waals surface area contributed by atoms with Gasteiger partial charge in [-0.05, 0) is 24.5 Å². The minimum atomic E-state index is -0.660. The number of benzene rings is 2. The van der Waals surface area contributed by atoms with Crippen LogP contribution in [0.15, 0.2) is 71.8 Å². The highest BCUT2D eigenvalue weighted by Gasteiger charge is 2.30. The van der Waals surface area contributed by atoms with Crippen LogP contribution in [-0.2, 0) is 0 Å². The van der Waals surface area contributed by atoms with Crippen molar-refractivity contribution in [1.29, 1.82) is 5.26 Å². The fourth-order valence-electron chi connectivity index (χ4n) is 3.89. The number of pyridine rings is 1. The molecule has 3 aromatic rings. The fourth-order valence-corrected chi connectivity index (χ4v) is 5.05. The van der Waals surface area contributed by atoms with Crippen molar-refractivity contribution in [2.24, 2.45) is 0 Å². The van der Waals surface area contributed by atoms with Crippen molar-refractivity contribution in [3.8, 4) is 28.5 Å². The van der Waals surface area contributed by atoms with Gasteiger partial charge >= 0.3 is 0 Å². The third kappa shape index (κ3) is 4.53. The van der Waals surface area contributed by atoms with E-state index in [2.05, 4.69) is 6.07 Å².